The summed E-state index contributed by atoms with van der Waals surface area (Å²) in [5.74, 6) is 1.13. The third-order valence-electron chi connectivity index (χ3n) is 4.39. The maximum Gasteiger partial charge on any atom is 0.0546 e. The maximum atomic E-state index is 9.69. The zero-order valence-corrected chi connectivity index (χ0v) is 10.1. The van der Waals surface area contributed by atoms with Gasteiger partial charge in [0.25, 0.3) is 0 Å². The highest BCUT2D eigenvalue weighted by Gasteiger charge is 2.28. The molecule has 0 aromatic heterocycles. The Balaban J connectivity index is 1.86. The minimum absolute atomic E-state index is 0.0824. The molecule has 2 saturated carbocycles. The molecule has 2 unspecified atom stereocenters. The van der Waals surface area contributed by atoms with Crippen molar-refractivity contribution in [1.29, 1.82) is 0 Å². The number of hydrogen-bond acceptors (Lipinski definition) is 2. The second-order valence-corrected chi connectivity index (χ2v) is 5.60. The zero-order chi connectivity index (χ0) is 11.5. The van der Waals surface area contributed by atoms with E-state index in [-0.39, 0.29) is 12.2 Å². The smallest absolute Gasteiger partial charge is 0.0546 e. The van der Waals surface area contributed by atoms with Gasteiger partial charge in [0.1, 0.15) is 0 Å². The van der Waals surface area contributed by atoms with Crippen molar-refractivity contribution < 1.29 is 10.2 Å². The normalized spacial score (nSPS) is 40.6. The van der Waals surface area contributed by atoms with Gasteiger partial charge in [0.05, 0.1) is 12.2 Å². The summed E-state index contributed by atoms with van der Waals surface area (Å²) in [5, 5.41) is 19.2. The number of aliphatic hydroxyl groups is 2. The molecule has 0 saturated heterocycles. The van der Waals surface area contributed by atoms with Crippen LogP contribution in [0.2, 0.25) is 0 Å². The predicted octanol–water partition coefficient (Wildman–Crippen LogP) is 2.64. The van der Waals surface area contributed by atoms with Crippen LogP contribution in [0.5, 0.6) is 0 Å². The quantitative estimate of drug-likeness (QED) is 0.708. The Kier molecular flexibility index (Phi) is 4.04. The highest BCUT2D eigenvalue weighted by Crippen LogP contribution is 2.38. The number of aliphatic hydroxyl groups excluding tert-OH is 2. The number of rotatable bonds is 2. The fraction of sp³-hybridized carbons (Fsp3) is 0.857. The molecule has 0 amide bonds. The van der Waals surface area contributed by atoms with Gasteiger partial charge in [-0.25, -0.2) is 0 Å². The van der Waals surface area contributed by atoms with Crippen molar-refractivity contribution in [2.45, 2.75) is 63.6 Å². The lowest BCUT2D eigenvalue weighted by Gasteiger charge is -2.34. The first-order valence-corrected chi connectivity index (χ1v) is 6.71. The molecule has 0 heterocycles. The Bertz CT molecular complexity index is 241. The average Bonchev–Trinajstić information content (AvgIpc) is 2.29. The summed E-state index contributed by atoms with van der Waals surface area (Å²) < 4.78 is 0. The molecule has 0 aromatic carbocycles. The molecule has 92 valence electrons. The number of hydrogen-bond donors (Lipinski definition) is 2. The molecule has 2 aliphatic rings. The molecule has 2 nitrogen and oxygen atoms in total. The molecule has 0 spiro atoms. The van der Waals surface area contributed by atoms with Gasteiger partial charge < -0.3 is 10.2 Å². The molecule has 2 heteroatoms. The predicted molar refractivity (Wildman–Crippen MR) is 65.1 cm³/mol. The third kappa shape index (κ3) is 2.86. The molecule has 2 atom stereocenters. The van der Waals surface area contributed by atoms with Crippen LogP contribution >= 0.6 is 0 Å². The largest absolute Gasteiger partial charge is 0.393 e. The summed E-state index contributed by atoms with van der Waals surface area (Å²) >= 11 is 0. The molecule has 16 heavy (non-hydrogen) atoms. The monoisotopic (exact) mass is 224 g/mol. The van der Waals surface area contributed by atoms with E-state index < -0.39 is 0 Å². The number of allylic oxidation sites excluding steroid dienone is 1. The van der Waals surface area contributed by atoms with Crippen molar-refractivity contribution in [2.75, 3.05) is 0 Å². The van der Waals surface area contributed by atoms with Gasteiger partial charge in [-0.1, -0.05) is 18.6 Å². The fourth-order valence-electron chi connectivity index (χ4n) is 3.28. The summed E-state index contributed by atoms with van der Waals surface area (Å²) in [6.07, 6.45) is 8.07. The van der Waals surface area contributed by atoms with Gasteiger partial charge in [-0.2, -0.15) is 0 Å². The van der Waals surface area contributed by atoms with Crippen LogP contribution in [0, 0.1) is 11.8 Å². The van der Waals surface area contributed by atoms with Gasteiger partial charge in [0.2, 0.25) is 0 Å². The van der Waals surface area contributed by atoms with E-state index in [1.807, 2.05) is 0 Å². The Morgan fingerprint density at radius 1 is 0.812 bits per heavy atom. The minimum atomic E-state index is -0.107. The highest BCUT2D eigenvalue weighted by molar-refractivity contribution is 5.08. The Morgan fingerprint density at radius 3 is 2.12 bits per heavy atom. The Hall–Kier alpha value is -0.340. The van der Waals surface area contributed by atoms with E-state index in [0.717, 1.165) is 44.9 Å². The summed E-state index contributed by atoms with van der Waals surface area (Å²) in [5.41, 5.74) is 1.35. The van der Waals surface area contributed by atoms with Gasteiger partial charge in [-0.05, 0) is 56.8 Å². The van der Waals surface area contributed by atoms with Crippen LogP contribution in [0.4, 0.5) is 0 Å². The van der Waals surface area contributed by atoms with E-state index >= 15 is 0 Å². The second kappa shape index (κ2) is 5.33. The topological polar surface area (TPSA) is 40.5 Å². The van der Waals surface area contributed by atoms with Crippen molar-refractivity contribution in [2.24, 2.45) is 11.8 Å². The molecule has 2 rings (SSSR count). The molecule has 2 N–H and O–H groups in total. The second-order valence-electron chi connectivity index (χ2n) is 5.60. The van der Waals surface area contributed by atoms with E-state index in [9.17, 15) is 10.2 Å². The van der Waals surface area contributed by atoms with E-state index in [2.05, 4.69) is 6.58 Å². The first-order valence-electron chi connectivity index (χ1n) is 6.71. The molecular formula is C14H24O2. The summed E-state index contributed by atoms with van der Waals surface area (Å²) in [6, 6.07) is 0. The molecule has 2 fully saturated rings. The van der Waals surface area contributed by atoms with Gasteiger partial charge in [0, 0.05) is 0 Å². The lowest BCUT2D eigenvalue weighted by atomic mass is 9.73. The summed E-state index contributed by atoms with van der Waals surface area (Å²) in [7, 11) is 0. The molecule has 0 radical (unpaired) electrons. The molecule has 2 aliphatic carbocycles. The van der Waals surface area contributed by atoms with Crippen LogP contribution < -0.4 is 0 Å². The van der Waals surface area contributed by atoms with Crippen molar-refractivity contribution in [3.63, 3.8) is 0 Å². The molecular weight excluding hydrogens is 200 g/mol. The van der Waals surface area contributed by atoms with Crippen LogP contribution in [0.25, 0.3) is 0 Å². The molecule has 0 aliphatic heterocycles. The Morgan fingerprint density at radius 2 is 1.50 bits per heavy atom. The van der Waals surface area contributed by atoms with Gasteiger partial charge in [-0.15, -0.1) is 0 Å². The van der Waals surface area contributed by atoms with E-state index in [1.54, 1.807) is 0 Å². The molecule has 0 aromatic rings. The van der Waals surface area contributed by atoms with Gasteiger partial charge >= 0.3 is 0 Å². The van der Waals surface area contributed by atoms with Crippen LogP contribution in [-0.2, 0) is 0 Å². The van der Waals surface area contributed by atoms with Crippen molar-refractivity contribution in [1.82, 2.24) is 0 Å². The average molecular weight is 224 g/mol. The lowest BCUT2D eigenvalue weighted by Crippen LogP contribution is -2.26. The van der Waals surface area contributed by atoms with Gasteiger partial charge in [-0.3, -0.25) is 0 Å². The first-order chi connectivity index (χ1) is 7.66. The van der Waals surface area contributed by atoms with Crippen molar-refractivity contribution in [3.8, 4) is 0 Å². The highest BCUT2D eigenvalue weighted by atomic mass is 16.3. The fourth-order valence-corrected chi connectivity index (χ4v) is 3.28. The zero-order valence-electron chi connectivity index (χ0n) is 10.1. The van der Waals surface area contributed by atoms with Crippen LogP contribution in [0.1, 0.15) is 51.4 Å². The first kappa shape index (κ1) is 12.1. The third-order valence-corrected chi connectivity index (χ3v) is 4.39. The summed E-state index contributed by atoms with van der Waals surface area (Å²) in [4.78, 5) is 0. The summed E-state index contributed by atoms with van der Waals surface area (Å²) in [6.45, 7) is 4.27. The van der Waals surface area contributed by atoms with E-state index in [4.69, 9.17) is 0 Å². The lowest BCUT2D eigenvalue weighted by molar-refractivity contribution is 0.0950. The Labute approximate surface area is 98.4 Å². The maximum absolute atomic E-state index is 9.69. The van der Waals surface area contributed by atoms with E-state index in [1.165, 1.54) is 12.0 Å². The van der Waals surface area contributed by atoms with Crippen molar-refractivity contribution in [3.05, 3.63) is 12.2 Å². The minimum Gasteiger partial charge on any atom is -0.393 e. The van der Waals surface area contributed by atoms with Crippen LogP contribution in [0.3, 0.4) is 0 Å². The van der Waals surface area contributed by atoms with Crippen LogP contribution in [-0.4, -0.2) is 22.4 Å². The molecule has 0 bridgehead atoms. The van der Waals surface area contributed by atoms with E-state index in [0.29, 0.717) is 11.8 Å². The van der Waals surface area contributed by atoms with Gasteiger partial charge in [0.15, 0.2) is 0 Å². The standard InChI is InChI=1S/C14H24O2/c1-10(11-5-7-13(15)8-6-11)12-3-2-4-14(16)9-12/h11-16H,1-9H2. The van der Waals surface area contributed by atoms with Crippen LogP contribution in [0.15, 0.2) is 12.2 Å². The SMILES string of the molecule is C=C(C1CCC(O)CC1)C1CCCC(O)C1. The van der Waals surface area contributed by atoms with Crippen molar-refractivity contribution >= 4 is 0 Å².